The topological polar surface area (TPSA) is 49.4 Å². The fourth-order valence-corrected chi connectivity index (χ4v) is 2.41. The summed E-state index contributed by atoms with van der Waals surface area (Å²) in [6.45, 7) is 5.47. The first-order valence-electron chi connectivity index (χ1n) is 6.40. The molecule has 2 rings (SSSR count). The van der Waals surface area contributed by atoms with E-state index in [1.807, 2.05) is 0 Å². The summed E-state index contributed by atoms with van der Waals surface area (Å²) in [5.74, 6) is -0.981. The molecule has 1 heterocycles. The molecule has 1 N–H and O–H groups in total. The summed E-state index contributed by atoms with van der Waals surface area (Å²) < 4.78 is 0. The fraction of sp³-hybridized carbons (Fsp3) is 0.429. The van der Waals surface area contributed by atoms with Gasteiger partial charge in [-0.25, -0.2) is 0 Å². The lowest BCUT2D eigenvalue weighted by molar-refractivity contribution is -0.114. The quantitative estimate of drug-likeness (QED) is 0.665. The van der Waals surface area contributed by atoms with E-state index in [4.69, 9.17) is 11.6 Å². The number of anilines is 1. The second-order valence-corrected chi connectivity index (χ2v) is 5.29. The number of amides is 1. The first-order chi connectivity index (χ1) is 9.02. The Balaban J connectivity index is 2.09. The minimum Gasteiger partial charge on any atom is -0.314 e. The number of halogens is 1. The highest BCUT2D eigenvalue weighted by Crippen LogP contribution is 2.33. The number of nitrogens with zero attached hydrogens (tertiary/aromatic N) is 1. The number of rotatable bonds is 5. The third kappa shape index (κ3) is 2.80. The van der Waals surface area contributed by atoms with Crippen LogP contribution >= 0.6 is 11.6 Å². The molecule has 0 saturated carbocycles. The van der Waals surface area contributed by atoms with E-state index >= 15 is 0 Å². The van der Waals surface area contributed by atoms with Gasteiger partial charge in [0, 0.05) is 12.6 Å². The van der Waals surface area contributed by atoms with Crippen LogP contribution in [0.3, 0.4) is 0 Å². The molecule has 0 unspecified atom stereocenters. The SMILES string of the molecule is CC(C)NCCCN1C(=O)C(=O)c2c(Cl)cccc21. The van der Waals surface area contributed by atoms with Crippen LogP contribution in [-0.4, -0.2) is 30.8 Å². The third-order valence-electron chi connectivity index (χ3n) is 3.06. The molecule has 1 aromatic rings. The van der Waals surface area contributed by atoms with Crippen molar-refractivity contribution >= 4 is 29.0 Å². The van der Waals surface area contributed by atoms with Gasteiger partial charge in [0.25, 0.3) is 11.7 Å². The smallest absolute Gasteiger partial charge is 0.299 e. The summed E-state index contributed by atoms with van der Waals surface area (Å²) in [4.78, 5) is 25.3. The Hall–Kier alpha value is -1.39. The van der Waals surface area contributed by atoms with Crippen LogP contribution < -0.4 is 10.2 Å². The maximum Gasteiger partial charge on any atom is 0.299 e. The molecule has 0 aromatic heterocycles. The fourth-order valence-electron chi connectivity index (χ4n) is 2.15. The van der Waals surface area contributed by atoms with E-state index in [0.29, 0.717) is 28.9 Å². The van der Waals surface area contributed by atoms with Crippen molar-refractivity contribution < 1.29 is 9.59 Å². The summed E-state index contributed by atoms with van der Waals surface area (Å²) in [6.07, 6.45) is 0.795. The van der Waals surface area contributed by atoms with E-state index in [-0.39, 0.29) is 0 Å². The van der Waals surface area contributed by atoms with Crippen molar-refractivity contribution in [2.24, 2.45) is 0 Å². The highest BCUT2D eigenvalue weighted by atomic mass is 35.5. The number of hydrogen-bond donors (Lipinski definition) is 1. The van der Waals surface area contributed by atoms with Crippen LogP contribution in [0.5, 0.6) is 0 Å². The van der Waals surface area contributed by atoms with Crippen LogP contribution in [0.15, 0.2) is 18.2 Å². The predicted octanol–water partition coefficient (Wildman–Crippen LogP) is 2.26. The number of carbonyl (C=O) groups is 2. The van der Waals surface area contributed by atoms with Gasteiger partial charge in [0.05, 0.1) is 16.3 Å². The lowest BCUT2D eigenvalue weighted by Crippen LogP contribution is -2.33. The Morgan fingerprint density at radius 2 is 2.05 bits per heavy atom. The van der Waals surface area contributed by atoms with E-state index in [0.717, 1.165) is 13.0 Å². The summed E-state index contributed by atoms with van der Waals surface area (Å²) in [5.41, 5.74) is 0.970. The van der Waals surface area contributed by atoms with Gasteiger partial charge in [-0.1, -0.05) is 31.5 Å². The minimum absolute atomic E-state index is 0.339. The largest absolute Gasteiger partial charge is 0.314 e. The average molecular weight is 281 g/mol. The zero-order valence-corrected chi connectivity index (χ0v) is 11.8. The first kappa shape index (κ1) is 14.0. The molecule has 19 heavy (non-hydrogen) atoms. The van der Waals surface area contributed by atoms with Crippen molar-refractivity contribution in [1.82, 2.24) is 5.32 Å². The van der Waals surface area contributed by atoms with Gasteiger partial charge >= 0.3 is 0 Å². The van der Waals surface area contributed by atoms with Gasteiger partial charge in [-0.15, -0.1) is 0 Å². The molecule has 1 aliphatic heterocycles. The van der Waals surface area contributed by atoms with Crippen LogP contribution in [0, 0.1) is 0 Å². The molecule has 1 amide bonds. The highest BCUT2D eigenvalue weighted by Gasteiger charge is 2.36. The molecule has 0 fully saturated rings. The Labute approximate surface area is 117 Å². The standard InChI is InChI=1S/C14H17ClN2O2/c1-9(2)16-7-4-8-17-11-6-3-5-10(15)12(11)13(18)14(17)19/h3,5-6,9,16H,4,7-8H2,1-2H3. The van der Waals surface area contributed by atoms with Crippen molar-refractivity contribution in [3.63, 3.8) is 0 Å². The third-order valence-corrected chi connectivity index (χ3v) is 3.37. The Morgan fingerprint density at radius 1 is 1.32 bits per heavy atom. The Morgan fingerprint density at radius 3 is 2.74 bits per heavy atom. The maximum absolute atomic E-state index is 11.9. The predicted molar refractivity (Wildman–Crippen MR) is 75.9 cm³/mol. The second-order valence-electron chi connectivity index (χ2n) is 4.88. The molecule has 0 spiro atoms. The summed E-state index contributed by atoms with van der Waals surface area (Å²) in [5, 5.41) is 3.63. The van der Waals surface area contributed by atoms with E-state index < -0.39 is 11.7 Å². The molecule has 0 atom stereocenters. The van der Waals surface area contributed by atoms with Gasteiger partial charge in [0.1, 0.15) is 0 Å². The average Bonchev–Trinajstić information content (AvgIpc) is 2.60. The Bertz CT molecular complexity index is 514. The van der Waals surface area contributed by atoms with E-state index in [1.165, 1.54) is 4.90 Å². The van der Waals surface area contributed by atoms with Crippen LogP contribution in [0.4, 0.5) is 5.69 Å². The van der Waals surface area contributed by atoms with Crippen molar-refractivity contribution in [2.75, 3.05) is 18.0 Å². The van der Waals surface area contributed by atoms with Gasteiger partial charge in [-0.3, -0.25) is 9.59 Å². The van der Waals surface area contributed by atoms with E-state index in [2.05, 4.69) is 19.2 Å². The first-order valence-corrected chi connectivity index (χ1v) is 6.78. The normalized spacial score (nSPS) is 14.4. The van der Waals surface area contributed by atoms with E-state index in [1.54, 1.807) is 18.2 Å². The molecular formula is C14H17ClN2O2. The molecule has 4 nitrogen and oxygen atoms in total. The van der Waals surface area contributed by atoms with Gasteiger partial charge in [0.2, 0.25) is 0 Å². The summed E-state index contributed by atoms with van der Waals surface area (Å²) >= 11 is 5.99. The number of Topliss-reactive ketones (excluding diaryl/α,β-unsaturated/α-hetero) is 1. The lowest BCUT2D eigenvalue weighted by Gasteiger charge is -2.17. The zero-order chi connectivity index (χ0) is 14.0. The number of carbonyl (C=O) groups excluding carboxylic acids is 2. The molecule has 0 saturated heterocycles. The molecule has 5 heteroatoms. The van der Waals surface area contributed by atoms with Crippen LogP contribution in [-0.2, 0) is 4.79 Å². The summed E-state index contributed by atoms with van der Waals surface area (Å²) in [7, 11) is 0. The minimum atomic E-state index is -0.502. The Kier molecular flexibility index (Phi) is 4.22. The van der Waals surface area contributed by atoms with Crippen molar-refractivity contribution in [3.05, 3.63) is 28.8 Å². The van der Waals surface area contributed by atoms with Crippen molar-refractivity contribution in [1.29, 1.82) is 0 Å². The zero-order valence-electron chi connectivity index (χ0n) is 11.1. The molecule has 1 aliphatic rings. The van der Waals surface area contributed by atoms with Crippen LogP contribution in [0.2, 0.25) is 5.02 Å². The molecule has 0 bridgehead atoms. The van der Waals surface area contributed by atoms with Gasteiger partial charge < -0.3 is 10.2 Å². The highest BCUT2D eigenvalue weighted by molar-refractivity contribution is 6.55. The maximum atomic E-state index is 11.9. The molecule has 0 aliphatic carbocycles. The molecule has 1 aromatic carbocycles. The van der Waals surface area contributed by atoms with Crippen molar-refractivity contribution in [2.45, 2.75) is 26.3 Å². The summed E-state index contributed by atoms with van der Waals surface area (Å²) in [6, 6.07) is 5.57. The van der Waals surface area contributed by atoms with Crippen LogP contribution in [0.25, 0.3) is 0 Å². The number of ketones is 1. The number of hydrogen-bond acceptors (Lipinski definition) is 3. The number of nitrogens with one attached hydrogen (secondary N) is 1. The van der Waals surface area contributed by atoms with Gasteiger partial charge in [-0.2, -0.15) is 0 Å². The molecule has 0 radical (unpaired) electrons. The van der Waals surface area contributed by atoms with Gasteiger partial charge in [0.15, 0.2) is 0 Å². The monoisotopic (exact) mass is 280 g/mol. The van der Waals surface area contributed by atoms with E-state index in [9.17, 15) is 9.59 Å². The second kappa shape index (κ2) is 5.72. The molecular weight excluding hydrogens is 264 g/mol. The van der Waals surface area contributed by atoms with Crippen LogP contribution in [0.1, 0.15) is 30.6 Å². The lowest BCUT2D eigenvalue weighted by atomic mass is 10.1. The molecule has 102 valence electrons. The number of fused-ring (bicyclic) bond motifs is 1. The van der Waals surface area contributed by atoms with Crippen molar-refractivity contribution in [3.8, 4) is 0 Å². The van der Waals surface area contributed by atoms with Gasteiger partial charge in [-0.05, 0) is 25.1 Å². The number of benzene rings is 1.